The Morgan fingerprint density at radius 1 is 1.00 bits per heavy atom. The van der Waals surface area contributed by atoms with E-state index in [1.54, 1.807) is 0 Å². The maximum atomic E-state index is 0. The van der Waals surface area contributed by atoms with E-state index in [4.69, 9.17) is 0 Å². The van der Waals surface area contributed by atoms with Gasteiger partial charge in [0, 0.05) is 0 Å². The number of rotatable bonds is 0. The Balaban J connectivity index is 0. The molecule has 0 unspecified atom stereocenters. The second kappa shape index (κ2) is 15.6. The molecule has 0 radical (unpaired) electrons. The van der Waals surface area contributed by atoms with Gasteiger partial charge in [0.05, 0.1) is 0 Å². The van der Waals surface area contributed by atoms with Crippen LogP contribution in [0.3, 0.4) is 0 Å². The van der Waals surface area contributed by atoms with Crippen LogP contribution in [0, 0.1) is 0 Å². The van der Waals surface area contributed by atoms with Crippen LogP contribution in [0.25, 0.3) is 0 Å². The number of hydrogen-bond acceptors (Lipinski definition) is 0. The fraction of sp³-hybridized carbons (Fsp3) is 0. The molecule has 0 nitrogen and oxygen atoms in total. The van der Waals surface area contributed by atoms with Gasteiger partial charge in [0.25, 0.3) is 0 Å². The van der Waals surface area contributed by atoms with Crippen LogP contribution in [-0.2, 0) is 0 Å². The van der Waals surface area contributed by atoms with Crippen LogP contribution in [0.15, 0.2) is 0 Å². The van der Waals surface area contributed by atoms with Gasteiger partial charge in [0.15, 0.2) is 0 Å². The summed E-state index contributed by atoms with van der Waals surface area (Å²) in [6, 6.07) is 0. The van der Waals surface area contributed by atoms with E-state index < -0.39 is 0 Å². The molecule has 0 spiro atoms. The first-order valence-electron chi connectivity index (χ1n) is 0. The van der Waals surface area contributed by atoms with E-state index in [1.165, 1.54) is 0 Å². The van der Waals surface area contributed by atoms with Crippen LogP contribution in [0.2, 0.25) is 0 Å². The van der Waals surface area contributed by atoms with E-state index in [1.807, 2.05) is 0 Å². The summed E-state index contributed by atoms with van der Waals surface area (Å²) < 4.78 is 0. The molecule has 0 rings (SSSR count). The normalized spacial score (nSPS) is 0. The summed E-state index contributed by atoms with van der Waals surface area (Å²) in [4.78, 5) is 0. The van der Waals surface area contributed by atoms with Crippen molar-refractivity contribution in [3.05, 3.63) is 0 Å². The van der Waals surface area contributed by atoms with E-state index in [2.05, 4.69) is 0 Å². The Morgan fingerprint density at radius 2 is 1.00 bits per heavy atom. The molecule has 0 aromatic heterocycles. The van der Waals surface area contributed by atoms with Gasteiger partial charge in [0.1, 0.15) is 0 Å². The summed E-state index contributed by atoms with van der Waals surface area (Å²) in [5.41, 5.74) is 0. The molecule has 4 heteroatoms. The maximum Gasteiger partial charge on any atom is 2.00 e. The second-order valence-electron chi connectivity index (χ2n) is 0. The van der Waals surface area contributed by atoms with Crippen LogP contribution in [0.1, 0.15) is 5.71 Å². The molecule has 24 valence electrons. The Labute approximate surface area is 144 Å². The van der Waals surface area contributed by atoms with Gasteiger partial charge < -0.3 is 5.71 Å². The van der Waals surface area contributed by atoms with Gasteiger partial charge in [0.2, 0.25) is 0 Å². The molecule has 0 heterocycles. The molecular weight excluding hydrogens is 479 g/mol. The molecule has 0 N–H and O–H groups in total. The largest absolute Gasteiger partial charge is 2.00 e. The summed E-state index contributed by atoms with van der Waals surface area (Å²) in [7, 11) is 0. The van der Waals surface area contributed by atoms with Crippen LogP contribution in [0.4, 0.5) is 0 Å². The predicted molar refractivity (Wildman–Crippen MR) is 46.8 cm³/mol. The van der Waals surface area contributed by atoms with Crippen molar-refractivity contribution in [3.8, 4) is 0 Å². The van der Waals surface area contributed by atoms with Gasteiger partial charge in [-0.25, -0.2) is 0 Å². The zero-order valence-electron chi connectivity index (χ0n) is 6.23. The van der Waals surface area contributed by atoms with Gasteiger partial charge >= 0.3 is 94.4 Å². The quantitative estimate of drug-likeness (QED) is 0.354. The number of hydrogen-bond donors (Lipinski definition) is 0. The van der Waals surface area contributed by atoms with Crippen LogP contribution in [-0.4, -0.2) is 94.4 Å². The monoisotopic (exact) mass is 486 g/mol. The summed E-state index contributed by atoms with van der Waals surface area (Å²) in [6.07, 6.45) is 0. The molecule has 0 amide bonds. The summed E-state index contributed by atoms with van der Waals surface area (Å²) in [5.74, 6) is 0. The summed E-state index contributed by atoms with van der Waals surface area (Å²) in [6.45, 7) is 0. The Morgan fingerprint density at radius 3 is 1.00 bits per heavy atom. The average molecular weight is 485 g/mol. The van der Waals surface area contributed by atoms with Gasteiger partial charge in [-0.05, 0) is 0 Å². The molecule has 0 fully saturated rings. The fourth-order valence-electron chi connectivity index (χ4n) is 0. The Kier molecular flexibility index (Phi) is 92.3. The maximum absolute atomic E-state index is 0. The van der Waals surface area contributed by atoms with E-state index in [0.29, 0.717) is 0 Å². The van der Waals surface area contributed by atoms with E-state index in [0.717, 1.165) is 0 Å². The molecule has 0 aliphatic rings. The first-order chi connectivity index (χ1) is 0. The zero-order valence-corrected chi connectivity index (χ0v) is 14.8. The number of halogens is 2. The minimum atomic E-state index is 0. The van der Waals surface area contributed by atoms with Crippen molar-refractivity contribution in [1.82, 2.24) is 0 Å². The Bertz CT molecular complexity index is 14.0. The Hall–Kier alpha value is 4.51. The molecule has 0 saturated carbocycles. The third-order valence-electron chi connectivity index (χ3n) is 0. The molecule has 4 heavy (non-hydrogen) atoms. The fourth-order valence-corrected chi connectivity index (χ4v) is 0. The van der Waals surface area contributed by atoms with Crippen molar-refractivity contribution in [1.29, 1.82) is 0 Å². The van der Waals surface area contributed by atoms with Gasteiger partial charge in [-0.15, -0.1) is 48.0 Å². The standard InChI is InChI=1S/Ba.2HI.Sr.4H/h;2*1H;;;;;/q+2;;;+2;4*-1. The summed E-state index contributed by atoms with van der Waals surface area (Å²) >= 11 is 0. The molecule has 0 aliphatic carbocycles. The first-order valence-corrected chi connectivity index (χ1v) is 0. The van der Waals surface area contributed by atoms with Crippen molar-refractivity contribution >= 4 is 142 Å². The minimum Gasteiger partial charge on any atom is -1.00 e. The van der Waals surface area contributed by atoms with Crippen LogP contribution >= 0.6 is 48.0 Å². The predicted octanol–water partition coefficient (Wildman–Crippen LogP) is 0.924. The molecule has 0 atom stereocenters. The van der Waals surface area contributed by atoms with Crippen molar-refractivity contribution < 1.29 is 5.71 Å². The molecule has 0 bridgehead atoms. The minimum absolute atomic E-state index is 0. The van der Waals surface area contributed by atoms with Crippen LogP contribution in [0.5, 0.6) is 0 Å². The van der Waals surface area contributed by atoms with Gasteiger partial charge in [-0.3, -0.25) is 0 Å². The van der Waals surface area contributed by atoms with Crippen molar-refractivity contribution in [2.24, 2.45) is 0 Å². The van der Waals surface area contributed by atoms with Gasteiger partial charge in [-0.1, -0.05) is 0 Å². The third-order valence-corrected chi connectivity index (χ3v) is 0. The van der Waals surface area contributed by atoms with E-state index in [9.17, 15) is 0 Å². The molecule has 0 aromatic rings. The first kappa shape index (κ1) is 23.6. The molecule has 0 aromatic carbocycles. The molecular formula is H6BaI2Sr. The van der Waals surface area contributed by atoms with E-state index >= 15 is 0 Å². The van der Waals surface area contributed by atoms with E-state index in [-0.39, 0.29) is 148 Å². The SMILES string of the molecule is I.I.[Ba+2].[H-].[H-].[H-].[H-].[Sr+2]. The topological polar surface area (TPSA) is 0 Å². The molecule has 0 saturated heterocycles. The van der Waals surface area contributed by atoms with Gasteiger partial charge in [-0.2, -0.15) is 0 Å². The third kappa shape index (κ3) is 9.72. The van der Waals surface area contributed by atoms with Crippen molar-refractivity contribution in [2.75, 3.05) is 0 Å². The van der Waals surface area contributed by atoms with Crippen molar-refractivity contribution in [3.63, 3.8) is 0 Å². The zero-order chi connectivity index (χ0) is 0. The summed E-state index contributed by atoms with van der Waals surface area (Å²) in [5, 5.41) is 0. The second-order valence-corrected chi connectivity index (χ2v) is 0. The van der Waals surface area contributed by atoms with Crippen LogP contribution < -0.4 is 0 Å². The smallest absolute Gasteiger partial charge is 1.00 e. The molecule has 0 aliphatic heterocycles. The average Bonchev–Trinajstić information content (AvgIpc) is 0. The van der Waals surface area contributed by atoms with Crippen molar-refractivity contribution in [2.45, 2.75) is 0 Å².